The molecule has 2 nitrogen and oxygen atoms in total. The number of benzene rings is 1. The molecule has 0 radical (unpaired) electrons. The number of rotatable bonds is 4. The van der Waals surface area contributed by atoms with Gasteiger partial charge in [-0.3, -0.25) is 0 Å². The van der Waals surface area contributed by atoms with Gasteiger partial charge in [-0.1, -0.05) is 12.1 Å². The molecule has 2 aliphatic rings. The molecule has 92 valence electrons. The minimum absolute atomic E-state index is 0.153. The molecule has 17 heavy (non-hydrogen) atoms. The Balaban J connectivity index is 1.66. The van der Waals surface area contributed by atoms with Crippen LogP contribution in [0.2, 0.25) is 0 Å². The molecule has 1 aromatic carbocycles. The molecular formula is C15H20O2. The zero-order valence-corrected chi connectivity index (χ0v) is 10.4. The van der Waals surface area contributed by atoms with E-state index in [-0.39, 0.29) is 11.5 Å². The fourth-order valence-electron chi connectivity index (χ4n) is 2.83. The van der Waals surface area contributed by atoms with E-state index in [1.807, 2.05) is 6.92 Å². The molecule has 0 aromatic heterocycles. The van der Waals surface area contributed by atoms with Crippen molar-refractivity contribution in [3.8, 4) is 5.75 Å². The molecule has 1 aliphatic carbocycles. The predicted molar refractivity (Wildman–Crippen MR) is 67.3 cm³/mol. The molecule has 1 aromatic rings. The molecule has 1 N–H and O–H groups in total. The molecular weight excluding hydrogens is 212 g/mol. The van der Waals surface area contributed by atoms with Crippen LogP contribution in [-0.2, 0) is 12.8 Å². The third kappa shape index (κ3) is 2.06. The van der Waals surface area contributed by atoms with Crippen LogP contribution in [0.1, 0.15) is 37.3 Å². The number of aliphatic hydroxyl groups is 1. The zero-order chi connectivity index (χ0) is 11.9. The van der Waals surface area contributed by atoms with Gasteiger partial charge in [0.25, 0.3) is 0 Å². The fraction of sp³-hybridized carbons (Fsp3) is 0.600. The molecule has 0 amide bonds. The van der Waals surface area contributed by atoms with E-state index in [4.69, 9.17) is 4.74 Å². The van der Waals surface area contributed by atoms with Crippen molar-refractivity contribution in [2.45, 2.75) is 45.1 Å². The van der Waals surface area contributed by atoms with Gasteiger partial charge in [-0.25, -0.2) is 0 Å². The summed E-state index contributed by atoms with van der Waals surface area (Å²) < 4.78 is 5.51. The molecule has 1 saturated carbocycles. The standard InChI is InChI=1S/C15H20O2/c1-11(16)15(7-8-15)6-4-12-2-3-14-13(10-12)5-9-17-14/h2-3,10-11,16H,4-9H2,1H3. The van der Waals surface area contributed by atoms with Gasteiger partial charge in [-0.2, -0.15) is 0 Å². The largest absolute Gasteiger partial charge is 0.493 e. The second-order valence-corrected chi connectivity index (χ2v) is 5.58. The fourth-order valence-corrected chi connectivity index (χ4v) is 2.83. The Morgan fingerprint density at radius 2 is 2.24 bits per heavy atom. The molecule has 3 rings (SSSR count). The molecule has 1 atom stereocenters. The quantitative estimate of drug-likeness (QED) is 0.865. The van der Waals surface area contributed by atoms with Gasteiger partial charge in [0, 0.05) is 6.42 Å². The van der Waals surface area contributed by atoms with E-state index in [9.17, 15) is 5.11 Å². The molecule has 0 saturated heterocycles. The van der Waals surface area contributed by atoms with Gasteiger partial charge in [-0.15, -0.1) is 0 Å². The van der Waals surface area contributed by atoms with E-state index in [0.717, 1.165) is 31.6 Å². The van der Waals surface area contributed by atoms with E-state index in [1.54, 1.807) is 0 Å². The Labute approximate surface area is 103 Å². The van der Waals surface area contributed by atoms with Crippen molar-refractivity contribution < 1.29 is 9.84 Å². The second kappa shape index (κ2) is 4.02. The maximum atomic E-state index is 9.76. The molecule has 1 aliphatic heterocycles. The lowest BCUT2D eigenvalue weighted by atomic mass is 9.91. The number of hydrogen-bond donors (Lipinski definition) is 1. The molecule has 0 spiro atoms. The molecule has 1 unspecified atom stereocenters. The monoisotopic (exact) mass is 232 g/mol. The van der Waals surface area contributed by atoms with Crippen LogP contribution in [0.5, 0.6) is 5.75 Å². The highest BCUT2D eigenvalue weighted by Crippen LogP contribution is 2.52. The van der Waals surface area contributed by atoms with Gasteiger partial charge in [0.05, 0.1) is 12.7 Å². The third-order valence-corrected chi connectivity index (χ3v) is 4.44. The maximum absolute atomic E-state index is 9.76. The van der Waals surface area contributed by atoms with Crippen LogP contribution in [0.3, 0.4) is 0 Å². The summed E-state index contributed by atoms with van der Waals surface area (Å²) in [5, 5.41) is 9.76. The zero-order valence-electron chi connectivity index (χ0n) is 10.4. The van der Waals surface area contributed by atoms with E-state index in [0.29, 0.717) is 0 Å². The van der Waals surface area contributed by atoms with Crippen LogP contribution < -0.4 is 4.74 Å². The summed E-state index contributed by atoms with van der Waals surface area (Å²) in [4.78, 5) is 0. The first-order valence-electron chi connectivity index (χ1n) is 6.62. The summed E-state index contributed by atoms with van der Waals surface area (Å²) in [6.45, 7) is 2.76. The van der Waals surface area contributed by atoms with Crippen molar-refractivity contribution in [1.29, 1.82) is 0 Å². The lowest BCUT2D eigenvalue weighted by Crippen LogP contribution is -2.18. The van der Waals surface area contributed by atoms with Gasteiger partial charge in [0.2, 0.25) is 0 Å². The molecule has 0 bridgehead atoms. The van der Waals surface area contributed by atoms with Crippen LogP contribution in [0.15, 0.2) is 18.2 Å². The van der Waals surface area contributed by atoms with Crippen LogP contribution in [0.25, 0.3) is 0 Å². The maximum Gasteiger partial charge on any atom is 0.122 e. The average molecular weight is 232 g/mol. The highest BCUT2D eigenvalue weighted by Gasteiger charge is 2.45. The lowest BCUT2D eigenvalue weighted by molar-refractivity contribution is 0.105. The summed E-state index contributed by atoms with van der Waals surface area (Å²) in [6.07, 6.45) is 5.48. The first-order chi connectivity index (χ1) is 8.20. The van der Waals surface area contributed by atoms with Crippen LogP contribution >= 0.6 is 0 Å². The Morgan fingerprint density at radius 1 is 1.41 bits per heavy atom. The Morgan fingerprint density at radius 3 is 2.94 bits per heavy atom. The number of fused-ring (bicyclic) bond motifs is 1. The Kier molecular flexibility index (Phi) is 2.62. The summed E-state index contributed by atoms with van der Waals surface area (Å²) >= 11 is 0. The van der Waals surface area contributed by atoms with E-state index in [1.165, 1.54) is 24.0 Å². The summed E-state index contributed by atoms with van der Waals surface area (Å²) in [5.41, 5.74) is 2.97. The van der Waals surface area contributed by atoms with Gasteiger partial charge in [0.1, 0.15) is 5.75 Å². The number of aryl methyl sites for hydroxylation is 1. The van der Waals surface area contributed by atoms with Crippen molar-refractivity contribution in [2.24, 2.45) is 5.41 Å². The topological polar surface area (TPSA) is 29.5 Å². The lowest BCUT2D eigenvalue weighted by Gasteiger charge is -2.18. The van der Waals surface area contributed by atoms with Gasteiger partial charge in [0.15, 0.2) is 0 Å². The minimum atomic E-state index is -0.153. The second-order valence-electron chi connectivity index (χ2n) is 5.58. The van der Waals surface area contributed by atoms with Crippen LogP contribution in [0, 0.1) is 5.41 Å². The van der Waals surface area contributed by atoms with Crippen molar-refractivity contribution in [3.63, 3.8) is 0 Å². The van der Waals surface area contributed by atoms with Crippen molar-refractivity contribution in [2.75, 3.05) is 6.61 Å². The Bertz CT molecular complexity index is 419. The van der Waals surface area contributed by atoms with Gasteiger partial charge in [-0.05, 0) is 55.2 Å². The van der Waals surface area contributed by atoms with E-state index < -0.39 is 0 Å². The third-order valence-electron chi connectivity index (χ3n) is 4.44. The van der Waals surface area contributed by atoms with Gasteiger partial charge >= 0.3 is 0 Å². The SMILES string of the molecule is CC(O)C1(CCc2ccc3c(c2)CCO3)CC1. The van der Waals surface area contributed by atoms with Crippen molar-refractivity contribution in [1.82, 2.24) is 0 Å². The minimum Gasteiger partial charge on any atom is -0.493 e. The number of aliphatic hydroxyl groups excluding tert-OH is 1. The number of hydrogen-bond acceptors (Lipinski definition) is 2. The van der Waals surface area contributed by atoms with E-state index >= 15 is 0 Å². The van der Waals surface area contributed by atoms with Crippen molar-refractivity contribution in [3.05, 3.63) is 29.3 Å². The normalized spacial score (nSPS) is 21.8. The smallest absolute Gasteiger partial charge is 0.122 e. The van der Waals surface area contributed by atoms with Crippen LogP contribution in [-0.4, -0.2) is 17.8 Å². The molecule has 1 heterocycles. The van der Waals surface area contributed by atoms with Crippen LogP contribution in [0.4, 0.5) is 0 Å². The highest BCUT2D eigenvalue weighted by molar-refractivity contribution is 5.39. The molecule has 2 heteroatoms. The van der Waals surface area contributed by atoms with E-state index in [2.05, 4.69) is 18.2 Å². The Hall–Kier alpha value is -1.02. The average Bonchev–Trinajstić information content (AvgIpc) is 2.98. The predicted octanol–water partition coefficient (Wildman–Crippen LogP) is 2.72. The first-order valence-corrected chi connectivity index (χ1v) is 6.62. The summed E-state index contributed by atoms with van der Waals surface area (Å²) in [5.74, 6) is 1.06. The number of ether oxygens (including phenoxy) is 1. The molecule has 1 fully saturated rings. The van der Waals surface area contributed by atoms with Crippen molar-refractivity contribution >= 4 is 0 Å². The summed E-state index contributed by atoms with van der Waals surface area (Å²) in [7, 11) is 0. The summed E-state index contributed by atoms with van der Waals surface area (Å²) in [6, 6.07) is 6.54. The van der Waals surface area contributed by atoms with Gasteiger partial charge < -0.3 is 9.84 Å². The first kappa shape index (κ1) is 11.1. The highest BCUT2D eigenvalue weighted by atomic mass is 16.5.